The van der Waals surface area contributed by atoms with Crippen molar-refractivity contribution in [2.75, 3.05) is 0 Å². The Bertz CT molecular complexity index is 478. The number of nitrogens with one attached hydrogen (secondary N) is 1. The molecule has 0 saturated heterocycles. The van der Waals surface area contributed by atoms with Gasteiger partial charge in [-0.25, -0.2) is 4.39 Å². The van der Waals surface area contributed by atoms with E-state index in [4.69, 9.17) is 5.84 Å². The highest BCUT2D eigenvalue weighted by atomic mass is 32.1. The summed E-state index contributed by atoms with van der Waals surface area (Å²) in [5.74, 6) is 5.38. The second kappa shape index (κ2) is 5.40. The largest absolute Gasteiger partial charge is 0.271 e. The van der Waals surface area contributed by atoms with Crippen molar-refractivity contribution in [1.29, 1.82) is 0 Å². The Kier molecular flexibility index (Phi) is 3.89. The summed E-state index contributed by atoms with van der Waals surface area (Å²) in [5.41, 5.74) is 5.13. The van der Waals surface area contributed by atoms with E-state index in [-0.39, 0.29) is 11.9 Å². The summed E-state index contributed by atoms with van der Waals surface area (Å²) >= 11 is 1.69. The molecule has 1 aromatic heterocycles. The number of hydrogen-bond donors (Lipinski definition) is 2. The smallest absolute Gasteiger partial charge is 0.123 e. The third-order valence-corrected chi connectivity index (χ3v) is 3.91. The van der Waals surface area contributed by atoms with Crippen molar-refractivity contribution in [3.8, 4) is 0 Å². The zero-order valence-corrected chi connectivity index (χ0v) is 10.4. The van der Waals surface area contributed by atoms with Crippen LogP contribution in [0.25, 0.3) is 0 Å². The first kappa shape index (κ1) is 12.2. The highest BCUT2D eigenvalue weighted by Gasteiger charge is 2.14. The molecule has 0 saturated carbocycles. The number of benzene rings is 1. The van der Waals surface area contributed by atoms with E-state index in [2.05, 4.69) is 23.8 Å². The highest BCUT2D eigenvalue weighted by Crippen LogP contribution is 2.26. The molecule has 2 aromatic rings. The van der Waals surface area contributed by atoms with E-state index in [1.54, 1.807) is 23.5 Å². The lowest BCUT2D eigenvalue weighted by Crippen LogP contribution is -2.29. The van der Waals surface area contributed by atoms with Gasteiger partial charge in [0.2, 0.25) is 0 Å². The van der Waals surface area contributed by atoms with Crippen LogP contribution < -0.4 is 11.3 Å². The zero-order valence-electron chi connectivity index (χ0n) is 9.61. The molecule has 90 valence electrons. The van der Waals surface area contributed by atoms with Crippen LogP contribution in [0.1, 0.15) is 22.0 Å². The standard InChI is InChI=1S/C13H15FN2S/c1-9-6-7-17-13(9)12(16-15)8-10-2-4-11(14)5-3-10/h2-7,12,16H,8,15H2,1H3. The minimum Gasteiger partial charge on any atom is -0.271 e. The molecule has 0 spiro atoms. The molecule has 2 nitrogen and oxygen atoms in total. The fraction of sp³-hybridized carbons (Fsp3) is 0.231. The van der Waals surface area contributed by atoms with Gasteiger partial charge in [0, 0.05) is 4.88 Å². The Balaban J connectivity index is 2.16. The molecule has 3 N–H and O–H groups in total. The van der Waals surface area contributed by atoms with E-state index in [0.29, 0.717) is 0 Å². The lowest BCUT2D eigenvalue weighted by Gasteiger charge is -2.15. The van der Waals surface area contributed by atoms with Crippen LogP contribution in [0.15, 0.2) is 35.7 Å². The zero-order chi connectivity index (χ0) is 12.3. The molecule has 0 amide bonds. The quantitative estimate of drug-likeness (QED) is 0.647. The van der Waals surface area contributed by atoms with Crippen molar-refractivity contribution in [2.45, 2.75) is 19.4 Å². The van der Waals surface area contributed by atoms with Gasteiger partial charge in [0.05, 0.1) is 6.04 Å². The van der Waals surface area contributed by atoms with E-state index < -0.39 is 0 Å². The highest BCUT2D eigenvalue weighted by molar-refractivity contribution is 7.10. The molecular formula is C13H15FN2S. The number of thiophene rings is 1. The number of rotatable bonds is 4. The Morgan fingerprint density at radius 2 is 2.00 bits per heavy atom. The number of nitrogens with two attached hydrogens (primary N) is 1. The van der Waals surface area contributed by atoms with Gasteiger partial charge < -0.3 is 0 Å². The van der Waals surface area contributed by atoms with E-state index >= 15 is 0 Å². The second-order valence-electron chi connectivity index (χ2n) is 4.02. The van der Waals surface area contributed by atoms with Crippen LogP contribution in [0, 0.1) is 12.7 Å². The van der Waals surface area contributed by atoms with Crippen molar-refractivity contribution < 1.29 is 4.39 Å². The van der Waals surface area contributed by atoms with Gasteiger partial charge in [-0.15, -0.1) is 11.3 Å². The molecule has 0 bridgehead atoms. The van der Waals surface area contributed by atoms with Crippen LogP contribution >= 0.6 is 11.3 Å². The molecule has 4 heteroatoms. The number of halogens is 1. The first-order valence-electron chi connectivity index (χ1n) is 5.45. The maximum Gasteiger partial charge on any atom is 0.123 e. The minimum absolute atomic E-state index is 0.0838. The van der Waals surface area contributed by atoms with Gasteiger partial charge in [-0.3, -0.25) is 11.3 Å². The third kappa shape index (κ3) is 2.91. The Morgan fingerprint density at radius 3 is 2.53 bits per heavy atom. The van der Waals surface area contributed by atoms with Gasteiger partial charge in [0.1, 0.15) is 5.82 Å². The van der Waals surface area contributed by atoms with Gasteiger partial charge in [-0.2, -0.15) is 0 Å². The molecule has 1 aromatic carbocycles. The van der Waals surface area contributed by atoms with Crippen LogP contribution in [-0.4, -0.2) is 0 Å². The summed E-state index contributed by atoms with van der Waals surface area (Å²) < 4.78 is 12.8. The van der Waals surface area contributed by atoms with Gasteiger partial charge >= 0.3 is 0 Å². The van der Waals surface area contributed by atoms with Crippen LogP contribution in [-0.2, 0) is 6.42 Å². The molecule has 1 heterocycles. The van der Waals surface area contributed by atoms with Gasteiger partial charge in [-0.05, 0) is 48.1 Å². The second-order valence-corrected chi connectivity index (χ2v) is 4.97. The summed E-state index contributed by atoms with van der Waals surface area (Å²) in [6.45, 7) is 2.07. The number of aryl methyl sites for hydroxylation is 1. The van der Waals surface area contributed by atoms with Crippen molar-refractivity contribution in [3.05, 3.63) is 57.5 Å². The summed E-state index contributed by atoms with van der Waals surface area (Å²) in [7, 11) is 0. The van der Waals surface area contributed by atoms with Crippen molar-refractivity contribution in [2.24, 2.45) is 5.84 Å². The average molecular weight is 250 g/mol. The Hall–Kier alpha value is -1.23. The lowest BCUT2D eigenvalue weighted by molar-refractivity contribution is 0.557. The van der Waals surface area contributed by atoms with Crippen LogP contribution in [0.4, 0.5) is 4.39 Å². The van der Waals surface area contributed by atoms with Crippen molar-refractivity contribution >= 4 is 11.3 Å². The van der Waals surface area contributed by atoms with Gasteiger partial charge in [-0.1, -0.05) is 12.1 Å². The van der Waals surface area contributed by atoms with Crippen molar-refractivity contribution in [1.82, 2.24) is 5.43 Å². The molecule has 2 rings (SSSR count). The van der Waals surface area contributed by atoms with E-state index in [1.165, 1.54) is 22.6 Å². The maximum atomic E-state index is 12.8. The Labute approximate surface area is 104 Å². The first-order valence-corrected chi connectivity index (χ1v) is 6.33. The average Bonchev–Trinajstić information content (AvgIpc) is 2.75. The molecule has 0 fully saturated rings. The molecule has 0 radical (unpaired) electrons. The maximum absolute atomic E-state index is 12.8. The van der Waals surface area contributed by atoms with Gasteiger partial charge in [0.15, 0.2) is 0 Å². The lowest BCUT2D eigenvalue weighted by atomic mass is 10.0. The van der Waals surface area contributed by atoms with E-state index in [9.17, 15) is 4.39 Å². The van der Waals surface area contributed by atoms with E-state index in [1.807, 2.05) is 0 Å². The molecule has 1 atom stereocenters. The molecule has 0 aliphatic heterocycles. The predicted octanol–water partition coefficient (Wildman–Crippen LogP) is 2.94. The topological polar surface area (TPSA) is 38.0 Å². The molecule has 0 aliphatic rings. The summed E-state index contributed by atoms with van der Waals surface area (Å²) in [6.07, 6.45) is 0.762. The normalized spacial score (nSPS) is 12.6. The molecule has 17 heavy (non-hydrogen) atoms. The predicted molar refractivity (Wildman–Crippen MR) is 69.2 cm³/mol. The monoisotopic (exact) mass is 250 g/mol. The molecule has 1 unspecified atom stereocenters. The summed E-state index contributed by atoms with van der Waals surface area (Å²) in [6, 6.07) is 8.70. The van der Waals surface area contributed by atoms with Crippen LogP contribution in [0.2, 0.25) is 0 Å². The third-order valence-electron chi connectivity index (χ3n) is 2.77. The summed E-state index contributed by atoms with van der Waals surface area (Å²) in [4.78, 5) is 1.23. The Morgan fingerprint density at radius 1 is 1.29 bits per heavy atom. The van der Waals surface area contributed by atoms with Crippen LogP contribution in [0.3, 0.4) is 0 Å². The van der Waals surface area contributed by atoms with Crippen molar-refractivity contribution in [3.63, 3.8) is 0 Å². The molecular weight excluding hydrogens is 235 g/mol. The number of hydrogen-bond acceptors (Lipinski definition) is 3. The molecule has 0 aliphatic carbocycles. The van der Waals surface area contributed by atoms with Gasteiger partial charge in [0.25, 0.3) is 0 Å². The minimum atomic E-state index is -0.210. The van der Waals surface area contributed by atoms with E-state index in [0.717, 1.165) is 12.0 Å². The fourth-order valence-electron chi connectivity index (χ4n) is 1.82. The summed E-state index contributed by atoms with van der Waals surface area (Å²) in [5, 5.41) is 2.06. The SMILES string of the molecule is Cc1ccsc1C(Cc1ccc(F)cc1)NN. The van der Waals surface area contributed by atoms with Crippen LogP contribution in [0.5, 0.6) is 0 Å². The fourth-order valence-corrected chi connectivity index (χ4v) is 2.81. The number of hydrazine groups is 1. The first-order chi connectivity index (χ1) is 8.20.